The number of rotatable bonds is 3. The van der Waals surface area contributed by atoms with Crippen molar-refractivity contribution in [3.8, 4) is 0 Å². The van der Waals surface area contributed by atoms with Gasteiger partial charge in [0.05, 0.1) is 0 Å². The number of piperazine rings is 1. The van der Waals surface area contributed by atoms with Crippen LogP contribution in [0.25, 0.3) is 0 Å². The summed E-state index contributed by atoms with van der Waals surface area (Å²) in [5.74, 6) is 0. The second-order valence-corrected chi connectivity index (χ2v) is 6.21. The SMILES string of the molecule is CN1CCN(Cc2ccccc2)CC1c1ccc(Cl)cc1. The fourth-order valence-electron chi connectivity index (χ4n) is 2.96. The Morgan fingerprint density at radius 1 is 1.00 bits per heavy atom. The molecule has 1 aliphatic heterocycles. The van der Waals surface area contributed by atoms with Gasteiger partial charge in [-0.1, -0.05) is 54.1 Å². The number of hydrogen-bond donors (Lipinski definition) is 0. The predicted molar refractivity (Wildman–Crippen MR) is 88.5 cm³/mol. The second-order valence-electron chi connectivity index (χ2n) is 5.77. The summed E-state index contributed by atoms with van der Waals surface area (Å²) in [5.41, 5.74) is 2.73. The first-order chi connectivity index (χ1) is 10.2. The number of nitrogens with zero attached hydrogens (tertiary/aromatic N) is 2. The Morgan fingerprint density at radius 2 is 1.71 bits per heavy atom. The van der Waals surface area contributed by atoms with Crippen LogP contribution in [0.15, 0.2) is 54.6 Å². The Kier molecular flexibility index (Phi) is 4.59. The average Bonchev–Trinajstić information content (AvgIpc) is 2.51. The molecular weight excluding hydrogens is 280 g/mol. The molecule has 0 aromatic heterocycles. The number of hydrogen-bond acceptors (Lipinski definition) is 2. The summed E-state index contributed by atoms with van der Waals surface area (Å²) in [7, 11) is 2.21. The zero-order valence-corrected chi connectivity index (χ0v) is 13.1. The lowest BCUT2D eigenvalue weighted by atomic mass is 10.0. The monoisotopic (exact) mass is 300 g/mol. The largest absolute Gasteiger partial charge is 0.297 e. The lowest BCUT2D eigenvalue weighted by molar-refractivity contribution is 0.0905. The summed E-state index contributed by atoms with van der Waals surface area (Å²) in [6, 6.07) is 19.4. The molecule has 21 heavy (non-hydrogen) atoms. The Labute approximate surface area is 131 Å². The minimum atomic E-state index is 0.444. The molecule has 2 nitrogen and oxygen atoms in total. The Balaban J connectivity index is 1.71. The second kappa shape index (κ2) is 6.61. The van der Waals surface area contributed by atoms with Gasteiger partial charge in [0.25, 0.3) is 0 Å². The third-order valence-corrected chi connectivity index (χ3v) is 4.49. The van der Waals surface area contributed by atoms with Gasteiger partial charge in [-0.25, -0.2) is 0 Å². The van der Waals surface area contributed by atoms with E-state index in [1.807, 2.05) is 12.1 Å². The molecule has 1 unspecified atom stereocenters. The fourth-order valence-corrected chi connectivity index (χ4v) is 3.09. The summed E-state index contributed by atoms with van der Waals surface area (Å²) in [6.45, 7) is 4.31. The van der Waals surface area contributed by atoms with Crippen molar-refractivity contribution in [2.45, 2.75) is 12.6 Å². The maximum Gasteiger partial charge on any atom is 0.0472 e. The molecule has 1 saturated heterocycles. The zero-order chi connectivity index (χ0) is 14.7. The maximum atomic E-state index is 6.00. The van der Waals surface area contributed by atoms with Gasteiger partial charge in [-0.2, -0.15) is 0 Å². The average molecular weight is 301 g/mol. The molecule has 1 heterocycles. The summed E-state index contributed by atoms with van der Waals surface area (Å²) in [5, 5.41) is 0.804. The maximum absolute atomic E-state index is 6.00. The summed E-state index contributed by atoms with van der Waals surface area (Å²) >= 11 is 6.00. The zero-order valence-electron chi connectivity index (χ0n) is 12.4. The van der Waals surface area contributed by atoms with Crippen LogP contribution in [0.5, 0.6) is 0 Å². The van der Waals surface area contributed by atoms with E-state index in [0.717, 1.165) is 31.2 Å². The normalized spacial score (nSPS) is 20.6. The molecule has 2 aromatic carbocycles. The van der Waals surface area contributed by atoms with E-state index < -0.39 is 0 Å². The predicted octanol–water partition coefficient (Wildman–Crippen LogP) is 3.83. The highest BCUT2D eigenvalue weighted by Gasteiger charge is 2.25. The molecule has 0 saturated carbocycles. The topological polar surface area (TPSA) is 6.48 Å². The molecule has 1 fully saturated rings. The van der Waals surface area contributed by atoms with Gasteiger partial charge in [0, 0.05) is 37.2 Å². The minimum absolute atomic E-state index is 0.444. The Hall–Kier alpha value is -1.35. The van der Waals surface area contributed by atoms with Crippen molar-refractivity contribution < 1.29 is 0 Å². The third-order valence-electron chi connectivity index (χ3n) is 4.24. The first-order valence-corrected chi connectivity index (χ1v) is 7.82. The molecule has 0 aliphatic carbocycles. The van der Waals surface area contributed by atoms with Crippen LogP contribution >= 0.6 is 11.6 Å². The van der Waals surface area contributed by atoms with Crippen molar-refractivity contribution in [3.05, 3.63) is 70.7 Å². The van der Waals surface area contributed by atoms with Crippen LogP contribution < -0.4 is 0 Å². The summed E-state index contributed by atoms with van der Waals surface area (Å²) in [6.07, 6.45) is 0. The highest BCUT2D eigenvalue weighted by molar-refractivity contribution is 6.30. The van der Waals surface area contributed by atoms with Crippen molar-refractivity contribution >= 4 is 11.6 Å². The number of halogens is 1. The molecule has 3 heteroatoms. The fraction of sp³-hybridized carbons (Fsp3) is 0.333. The first kappa shape index (κ1) is 14.6. The molecular formula is C18H21ClN2. The van der Waals surface area contributed by atoms with Gasteiger partial charge < -0.3 is 0 Å². The van der Waals surface area contributed by atoms with Crippen LogP contribution in [-0.4, -0.2) is 36.5 Å². The van der Waals surface area contributed by atoms with Crippen LogP contribution in [0.2, 0.25) is 5.02 Å². The molecule has 2 aromatic rings. The van der Waals surface area contributed by atoms with E-state index in [4.69, 9.17) is 11.6 Å². The van der Waals surface area contributed by atoms with Crippen LogP contribution in [0.1, 0.15) is 17.2 Å². The molecule has 1 atom stereocenters. The van der Waals surface area contributed by atoms with Gasteiger partial charge in [-0.3, -0.25) is 9.80 Å². The molecule has 0 N–H and O–H groups in total. The molecule has 0 bridgehead atoms. The van der Waals surface area contributed by atoms with Crippen LogP contribution in [0, 0.1) is 0 Å². The van der Waals surface area contributed by atoms with Crippen LogP contribution in [0.4, 0.5) is 0 Å². The molecule has 1 aliphatic rings. The van der Waals surface area contributed by atoms with E-state index in [1.54, 1.807) is 0 Å². The highest BCUT2D eigenvalue weighted by Crippen LogP contribution is 2.26. The summed E-state index contributed by atoms with van der Waals surface area (Å²) in [4.78, 5) is 4.97. The smallest absolute Gasteiger partial charge is 0.0472 e. The van der Waals surface area contributed by atoms with Gasteiger partial charge >= 0.3 is 0 Å². The lowest BCUT2D eigenvalue weighted by Crippen LogP contribution is -2.46. The highest BCUT2D eigenvalue weighted by atomic mass is 35.5. The van der Waals surface area contributed by atoms with Crippen molar-refractivity contribution in [2.75, 3.05) is 26.7 Å². The standard InChI is InChI=1S/C18H21ClN2/c1-20-11-12-21(13-15-5-3-2-4-6-15)14-18(20)16-7-9-17(19)10-8-16/h2-10,18H,11-14H2,1H3. The number of likely N-dealkylation sites (N-methyl/N-ethyl adjacent to an activating group) is 1. The Morgan fingerprint density at radius 3 is 2.43 bits per heavy atom. The van der Waals surface area contributed by atoms with E-state index in [2.05, 4.69) is 59.3 Å². The van der Waals surface area contributed by atoms with Gasteiger partial charge in [-0.15, -0.1) is 0 Å². The quantitative estimate of drug-likeness (QED) is 0.850. The molecule has 3 rings (SSSR count). The number of benzene rings is 2. The van der Waals surface area contributed by atoms with Crippen molar-refractivity contribution in [1.29, 1.82) is 0 Å². The van der Waals surface area contributed by atoms with Gasteiger partial charge in [0.2, 0.25) is 0 Å². The molecule has 0 amide bonds. The van der Waals surface area contributed by atoms with E-state index in [0.29, 0.717) is 6.04 Å². The van der Waals surface area contributed by atoms with Gasteiger partial charge in [0.15, 0.2) is 0 Å². The first-order valence-electron chi connectivity index (χ1n) is 7.44. The minimum Gasteiger partial charge on any atom is -0.297 e. The molecule has 0 spiro atoms. The summed E-state index contributed by atoms with van der Waals surface area (Å²) < 4.78 is 0. The van der Waals surface area contributed by atoms with E-state index in [1.165, 1.54) is 11.1 Å². The van der Waals surface area contributed by atoms with E-state index >= 15 is 0 Å². The van der Waals surface area contributed by atoms with E-state index in [9.17, 15) is 0 Å². The lowest BCUT2D eigenvalue weighted by Gasteiger charge is -2.39. The van der Waals surface area contributed by atoms with Crippen LogP contribution in [0.3, 0.4) is 0 Å². The van der Waals surface area contributed by atoms with Crippen LogP contribution in [-0.2, 0) is 6.54 Å². The van der Waals surface area contributed by atoms with E-state index in [-0.39, 0.29) is 0 Å². The molecule has 110 valence electrons. The van der Waals surface area contributed by atoms with Gasteiger partial charge in [0.1, 0.15) is 0 Å². The van der Waals surface area contributed by atoms with Crippen molar-refractivity contribution in [3.63, 3.8) is 0 Å². The third kappa shape index (κ3) is 3.65. The molecule has 0 radical (unpaired) electrons. The van der Waals surface area contributed by atoms with Crippen molar-refractivity contribution in [2.24, 2.45) is 0 Å². The van der Waals surface area contributed by atoms with Gasteiger partial charge in [-0.05, 0) is 30.3 Å². The Bertz CT molecular complexity index is 568. The van der Waals surface area contributed by atoms with Crippen molar-refractivity contribution in [1.82, 2.24) is 9.80 Å².